The van der Waals surface area contributed by atoms with Crippen LogP contribution in [0.4, 0.5) is 5.69 Å². The summed E-state index contributed by atoms with van der Waals surface area (Å²) in [5, 5.41) is 7.30. The normalized spacial score (nSPS) is 12.2. The molecule has 0 spiro atoms. The van der Waals surface area contributed by atoms with E-state index in [9.17, 15) is 4.79 Å². The van der Waals surface area contributed by atoms with E-state index in [0.717, 1.165) is 5.56 Å². The number of hydrogen-bond donors (Lipinski definition) is 1. The van der Waals surface area contributed by atoms with E-state index >= 15 is 0 Å². The molecule has 2 aromatic rings. The number of nitrogens with one attached hydrogen (secondary N) is 1. The molecule has 1 aromatic heterocycles. The molecule has 1 unspecified atom stereocenters. The molecule has 0 aliphatic rings. The van der Waals surface area contributed by atoms with Gasteiger partial charge in [0, 0.05) is 13.1 Å². The molecule has 0 amide bonds. The second-order valence-electron chi connectivity index (χ2n) is 4.58. The van der Waals surface area contributed by atoms with E-state index in [1.54, 1.807) is 13.2 Å². The number of anilines is 1. The Morgan fingerprint density at radius 1 is 1.32 bits per heavy atom. The monoisotopic (exact) mass is 321 g/mol. The summed E-state index contributed by atoms with van der Waals surface area (Å²) in [5.41, 5.74) is 2.95. The van der Waals surface area contributed by atoms with Gasteiger partial charge in [0.25, 0.3) is 5.56 Å². The maximum Gasteiger partial charge on any atom is 0.282 e. The Hall–Kier alpha value is -1.62. The summed E-state index contributed by atoms with van der Waals surface area (Å²) < 4.78 is 1.80. The van der Waals surface area contributed by atoms with Crippen molar-refractivity contribution >= 4 is 21.6 Å². The fraction of sp³-hybridized carbons (Fsp3) is 0.286. The van der Waals surface area contributed by atoms with Crippen molar-refractivity contribution in [3.63, 3.8) is 0 Å². The fourth-order valence-corrected chi connectivity index (χ4v) is 2.26. The van der Waals surface area contributed by atoms with Gasteiger partial charge in [-0.3, -0.25) is 4.79 Å². The van der Waals surface area contributed by atoms with Crippen molar-refractivity contribution in [1.29, 1.82) is 0 Å². The van der Waals surface area contributed by atoms with E-state index < -0.39 is 0 Å². The van der Waals surface area contributed by atoms with E-state index in [4.69, 9.17) is 0 Å². The average molecular weight is 322 g/mol. The minimum atomic E-state index is -0.152. The minimum absolute atomic E-state index is 0.103. The Morgan fingerprint density at radius 3 is 2.58 bits per heavy atom. The van der Waals surface area contributed by atoms with Gasteiger partial charge in [-0.2, -0.15) is 5.10 Å². The van der Waals surface area contributed by atoms with Crippen molar-refractivity contribution < 1.29 is 0 Å². The predicted octanol–water partition coefficient (Wildman–Crippen LogP) is 3.02. The lowest BCUT2D eigenvalue weighted by molar-refractivity contribution is 0.701. The number of aryl methyl sites for hydroxylation is 2. The molecule has 5 heteroatoms. The molecule has 1 heterocycles. The highest BCUT2D eigenvalue weighted by molar-refractivity contribution is 9.10. The molecule has 0 radical (unpaired) electrons. The van der Waals surface area contributed by atoms with E-state index in [0.29, 0.717) is 10.2 Å². The third kappa shape index (κ3) is 3.04. The van der Waals surface area contributed by atoms with Crippen molar-refractivity contribution in [2.75, 3.05) is 5.32 Å². The average Bonchev–Trinajstić information content (AvgIpc) is 2.40. The van der Waals surface area contributed by atoms with Crippen LogP contribution < -0.4 is 10.9 Å². The van der Waals surface area contributed by atoms with Crippen molar-refractivity contribution in [2.45, 2.75) is 19.9 Å². The highest BCUT2D eigenvalue weighted by Gasteiger charge is 2.10. The number of benzene rings is 1. The van der Waals surface area contributed by atoms with Gasteiger partial charge < -0.3 is 5.32 Å². The SMILES string of the molecule is Cc1ccc(C(C)Nc2cnn(C)c(=O)c2Br)cc1. The van der Waals surface area contributed by atoms with Crippen LogP contribution in [-0.4, -0.2) is 9.78 Å². The van der Waals surface area contributed by atoms with Crippen LogP contribution in [0.2, 0.25) is 0 Å². The van der Waals surface area contributed by atoms with Crippen LogP contribution in [0.1, 0.15) is 24.1 Å². The first-order chi connectivity index (χ1) is 8.99. The lowest BCUT2D eigenvalue weighted by Crippen LogP contribution is -2.22. The van der Waals surface area contributed by atoms with Gasteiger partial charge >= 0.3 is 0 Å². The topological polar surface area (TPSA) is 46.9 Å². The van der Waals surface area contributed by atoms with E-state index in [1.165, 1.54) is 10.2 Å². The predicted molar refractivity (Wildman–Crippen MR) is 80.4 cm³/mol. The Morgan fingerprint density at radius 2 is 1.95 bits per heavy atom. The summed E-state index contributed by atoms with van der Waals surface area (Å²) in [6, 6.07) is 8.41. The molecule has 0 aliphatic carbocycles. The molecular weight excluding hydrogens is 306 g/mol. The Bertz CT molecular complexity index is 634. The third-order valence-corrected chi connectivity index (χ3v) is 3.79. The number of halogens is 1. The van der Waals surface area contributed by atoms with Gasteiger partial charge in [-0.15, -0.1) is 0 Å². The highest BCUT2D eigenvalue weighted by atomic mass is 79.9. The highest BCUT2D eigenvalue weighted by Crippen LogP contribution is 2.23. The largest absolute Gasteiger partial charge is 0.376 e. The molecule has 0 saturated carbocycles. The molecule has 4 nitrogen and oxygen atoms in total. The van der Waals surface area contributed by atoms with Crippen LogP contribution in [0.3, 0.4) is 0 Å². The lowest BCUT2D eigenvalue weighted by Gasteiger charge is -2.16. The van der Waals surface area contributed by atoms with Gasteiger partial charge in [0.1, 0.15) is 4.47 Å². The smallest absolute Gasteiger partial charge is 0.282 e. The van der Waals surface area contributed by atoms with Crippen LogP contribution in [0.25, 0.3) is 0 Å². The summed E-state index contributed by atoms with van der Waals surface area (Å²) in [5.74, 6) is 0. The number of aromatic nitrogens is 2. The zero-order valence-electron chi connectivity index (χ0n) is 11.1. The summed E-state index contributed by atoms with van der Waals surface area (Å²) in [7, 11) is 1.63. The van der Waals surface area contributed by atoms with Gasteiger partial charge in [-0.05, 0) is 35.3 Å². The molecular formula is C14H16BrN3O. The quantitative estimate of drug-likeness (QED) is 0.945. The van der Waals surface area contributed by atoms with Crippen molar-refractivity contribution in [1.82, 2.24) is 9.78 Å². The molecule has 19 heavy (non-hydrogen) atoms. The van der Waals surface area contributed by atoms with Gasteiger partial charge in [-0.1, -0.05) is 29.8 Å². The Balaban J connectivity index is 2.24. The minimum Gasteiger partial charge on any atom is -0.376 e. The molecule has 0 saturated heterocycles. The lowest BCUT2D eigenvalue weighted by atomic mass is 10.1. The number of nitrogens with zero attached hydrogens (tertiary/aromatic N) is 2. The van der Waals surface area contributed by atoms with E-state index in [1.807, 2.05) is 0 Å². The number of hydrogen-bond acceptors (Lipinski definition) is 3. The molecule has 1 N–H and O–H groups in total. The fourth-order valence-electron chi connectivity index (χ4n) is 1.78. The van der Waals surface area contributed by atoms with Gasteiger partial charge in [0.2, 0.25) is 0 Å². The zero-order valence-corrected chi connectivity index (χ0v) is 12.7. The van der Waals surface area contributed by atoms with Crippen molar-refractivity contribution in [3.8, 4) is 0 Å². The Labute approximate surface area is 120 Å². The summed E-state index contributed by atoms with van der Waals surface area (Å²) in [4.78, 5) is 11.8. The van der Waals surface area contributed by atoms with Crippen LogP contribution in [0.5, 0.6) is 0 Å². The zero-order chi connectivity index (χ0) is 14.0. The molecule has 0 fully saturated rings. The molecule has 0 bridgehead atoms. The van der Waals surface area contributed by atoms with Gasteiger partial charge in [0.05, 0.1) is 11.9 Å². The molecule has 1 atom stereocenters. The van der Waals surface area contributed by atoms with Crippen LogP contribution in [0.15, 0.2) is 39.7 Å². The first kappa shape index (κ1) is 13.8. The van der Waals surface area contributed by atoms with E-state index in [2.05, 4.69) is 64.5 Å². The number of rotatable bonds is 3. The maximum atomic E-state index is 11.8. The summed E-state index contributed by atoms with van der Waals surface area (Å²) >= 11 is 3.31. The molecule has 100 valence electrons. The second-order valence-corrected chi connectivity index (χ2v) is 5.37. The second kappa shape index (κ2) is 5.57. The first-order valence-electron chi connectivity index (χ1n) is 6.04. The molecule has 1 aromatic carbocycles. The van der Waals surface area contributed by atoms with Gasteiger partial charge in [0.15, 0.2) is 0 Å². The Kier molecular flexibility index (Phi) is 4.04. The standard InChI is InChI=1S/C14H16BrN3O/c1-9-4-6-11(7-5-9)10(2)17-12-8-16-18(3)14(19)13(12)15/h4-8,10,17H,1-3H3. The van der Waals surface area contributed by atoms with Crippen LogP contribution in [-0.2, 0) is 7.05 Å². The first-order valence-corrected chi connectivity index (χ1v) is 6.83. The van der Waals surface area contributed by atoms with Crippen molar-refractivity contribution in [3.05, 3.63) is 56.4 Å². The third-order valence-electron chi connectivity index (χ3n) is 3.03. The van der Waals surface area contributed by atoms with Crippen LogP contribution >= 0.6 is 15.9 Å². The van der Waals surface area contributed by atoms with Crippen molar-refractivity contribution in [2.24, 2.45) is 7.05 Å². The van der Waals surface area contributed by atoms with Crippen LogP contribution in [0, 0.1) is 6.92 Å². The summed E-state index contributed by atoms with van der Waals surface area (Å²) in [6.07, 6.45) is 1.65. The summed E-state index contributed by atoms with van der Waals surface area (Å²) in [6.45, 7) is 4.11. The van der Waals surface area contributed by atoms with E-state index in [-0.39, 0.29) is 11.6 Å². The molecule has 0 aliphatic heterocycles. The van der Waals surface area contributed by atoms with Gasteiger partial charge in [-0.25, -0.2) is 4.68 Å². The molecule has 2 rings (SSSR count). The maximum absolute atomic E-state index is 11.8.